The van der Waals surface area contributed by atoms with Gasteiger partial charge in [0.25, 0.3) is 0 Å². The minimum atomic E-state index is 0.163. The second kappa shape index (κ2) is 5.60. The summed E-state index contributed by atoms with van der Waals surface area (Å²) in [5.74, 6) is 0.163. The van der Waals surface area contributed by atoms with Gasteiger partial charge in [0, 0.05) is 29.9 Å². The molecule has 0 amide bonds. The van der Waals surface area contributed by atoms with E-state index in [9.17, 15) is 4.79 Å². The fourth-order valence-electron chi connectivity index (χ4n) is 3.21. The second-order valence-electron chi connectivity index (χ2n) is 5.80. The molecule has 0 atom stereocenters. The van der Waals surface area contributed by atoms with Gasteiger partial charge in [-0.05, 0) is 12.0 Å². The van der Waals surface area contributed by atoms with Crippen LogP contribution in [-0.2, 0) is 6.42 Å². The van der Waals surface area contributed by atoms with Crippen molar-refractivity contribution in [2.45, 2.75) is 26.7 Å². The van der Waals surface area contributed by atoms with Crippen molar-refractivity contribution in [2.75, 3.05) is 0 Å². The predicted molar refractivity (Wildman–Crippen MR) is 94.3 cm³/mol. The molecule has 0 radical (unpaired) electrons. The molecule has 24 heavy (non-hydrogen) atoms. The molecule has 0 aliphatic rings. The van der Waals surface area contributed by atoms with Gasteiger partial charge in [0.05, 0.1) is 17.4 Å². The molecule has 4 aromatic rings. The molecule has 0 saturated carbocycles. The molecule has 3 heterocycles. The Bertz CT molecular complexity index is 1040. The van der Waals surface area contributed by atoms with Crippen molar-refractivity contribution in [1.29, 1.82) is 0 Å². The third-order valence-electron chi connectivity index (χ3n) is 4.44. The molecule has 5 nitrogen and oxygen atoms in total. The number of imidazole rings is 1. The molecule has 0 saturated heterocycles. The van der Waals surface area contributed by atoms with E-state index in [1.54, 1.807) is 12.4 Å². The molecule has 5 heteroatoms. The van der Waals surface area contributed by atoms with Crippen molar-refractivity contribution in [2.24, 2.45) is 0 Å². The van der Waals surface area contributed by atoms with Crippen LogP contribution in [0.25, 0.3) is 28.1 Å². The number of benzene rings is 1. The Morgan fingerprint density at radius 2 is 1.96 bits per heavy atom. The summed E-state index contributed by atoms with van der Waals surface area (Å²) in [7, 11) is 0. The van der Waals surface area contributed by atoms with Gasteiger partial charge in [0.2, 0.25) is 0 Å². The quantitative estimate of drug-likeness (QED) is 0.578. The summed E-state index contributed by atoms with van der Waals surface area (Å²) in [5.41, 5.74) is 6.83. The van der Waals surface area contributed by atoms with Gasteiger partial charge in [-0.1, -0.05) is 38.1 Å². The van der Waals surface area contributed by atoms with Gasteiger partial charge in [-0.25, -0.2) is 9.97 Å². The van der Waals surface area contributed by atoms with Crippen molar-refractivity contribution in [3.8, 4) is 11.3 Å². The summed E-state index contributed by atoms with van der Waals surface area (Å²) in [6.07, 6.45) is 6.91. The largest absolute Gasteiger partial charge is 0.338 e. The molecular formula is C19H18N4O. The smallest absolute Gasteiger partial charge is 0.162 e. The topological polar surface area (TPSA) is 63.0 Å². The van der Waals surface area contributed by atoms with Crippen LogP contribution in [0, 0.1) is 0 Å². The molecule has 0 spiro atoms. The SMILES string of the molecule is CCC(=O)c1ccc(-c2[nH]c3ncc4nccn4c3c2CC)cc1. The van der Waals surface area contributed by atoms with Crippen molar-refractivity contribution in [3.63, 3.8) is 0 Å². The van der Waals surface area contributed by atoms with Crippen LogP contribution in [0.5, 0.6) is 0 Å². The molecule has 0 fully saturated rings. The van der Waals surface area contributed by atoms with E-state index >= 15 is 0 Å². The van der Waals surface area contributed by atoms with Crippen molar-refractivity contribution < 1.29 is 4.79 Å². The van der Waals surface area contributed by atoms with Crippen molar-refractivity contribution in [1.82, 2.24) is 19.4 Å². The van der Waals surface area contributed by atoms with E-state index in [1.807, 2.05) is 37.4 Å². The Morgan fingerprint density at radius 3 is 2.67 bits per heavy atom. The van der Waals surface area contributed by atoms with Crippen molar-refractivity contribution in [3.05, 3.63) is 54.0 Å². The molecule has 0 unspecified atom stereocenters. The Morgan fingerprint density at radius 1 is 1.17 bits per heavy atom. The Kier molecular flexibility index (Phi) is 3.41. The number of aryl methyl sites for hydroxylation is 1. The number of fused-ring (bicyclic) bond motifs is 3. The lowest BCUT2D eigenvalue weighted by molar-refractivity contribution is 0.0988. The third-order valence-corrected chi connectivity index (χ3v) is 4.44. The molecule has 1 aromatic carbocycles. The predicted octanol–water partition coefficient (Wildman–Crippen LogP) is 4.03. The Balaban J connectivity index is 1.91. The van der Waals surface area contributed by atoms with Gasteiger partial charge in [-0.2, -0.15) is 0 Å². The highest BCUT2D eigenvalue weighted by atomic mass is 16.1. The fourth-order valence-corrected chi connectivity index (χ4v) is 3.21. The van der Waals surface area contributed by atoms with Crippen LogP contribution >= 0.6 is 0 Å². The number of Topliss-reactive ketones (excluding diaryl/α,β-unsaturated/α-hetero) is 1. The standard InChI is InChI=1S/C19H18N4O/c1-3-14-17(13-7-5-12(6-8-13)15(24)4-2)22-19-18(14)23-10-9-20-16(23)11-21-19/h5-11,22H,3-4H2,1-2H3. The maximum absolute atomic E-state index is 11.8. The highest BCUT2D eigenvalue weighted by Gasteiger charge is 2.16. The highest BCUT2D eigenvalue weighted by Crippen LogP contribution is 2.30. The van der Waals surface area contributed by atoms with E-state index in [0.717, 1.165) is 40.1 Å². The molecule has 0 aliphatic heterocycles. The minimum absolute atomic E-state index is 0.163. The number of hydrogen-bond acceptors (Lipinski definition) is 3. The number of carbonyl (C=O) groups is 1. The lowest BCUT2D eigenvalue weighted by Crippen LogP contribution is -1.96. The summed E-state index contributed by atoms with van der Waals surface area (Å²) < 4.78 is 2.07. The Labute approximate surface area is 139 Å². The molecule has 0 bridgehead atoms. The number of H-pyrrole nitrogens is 1. The van der Waals surface area contributed by atoms with Gasteiger partial charge in [-0.3, -0.25) is 9.20 Å². The van der Waals surface area contributed by atoms with E-state index in [0.29, 0.717) is 6.42 Å². The monoisotopic (exact) mass is 318 g/mol. The van der Waals surface area contributed by atoms with Gasteiger partial charge >= 0.3 is 0 Å². The number of carbonyl (C=O) groups excluding carboxylic acids is 1. The summed E-state index contributed by atoms with van der Waals surface area (Å²) in [6.45, 7) is 4.02. The molecule has 4 rings (SSSR count). The first-order chi connectivity index (χ1) is 11.7. The first-order valence-corrected chi connectivity index (χ1v) is 8.19. The van der Waals surface area contributed by atoms with Crippen molar-refractivity contribution >= 4 is 22.6 Å². The van der Waals surface area contributed by atoms with Crippen LogP contribution < -0.4 is 0 Å². The Hall–Kier alpha value is -2.95. The first-order valence-electron chi connectivity index (χ1n) is 8.19. The van der Waals surface area contributed by atoms with E-state index < -0.39 is 0 Å². The summed E-state index contributed by atoms with van der Waals surface area (Å²) in [4.78, 5) is 24.1. The normalized spacial score (nSPS) is 11.4. The summed E-state index contributed by atoms with van der Waals surface area (Å²) in [5, 5.41) is 0. The zero-order valence-corrected chi connectivity index (χ0v) is 13.7. The number of rotatable bonds is 4. The number of aromatic nitrogens is 4. The van der Waals surface area contributed by atoms with Gasteiger partial charge in [0.1, 0.15) is 0 Å². The van der Waals surface area contributed by atoms with Crippen LogP contribution in [0.1, 0.15) is 36.2 Å². The van der Waals surface area contributed by atoms with E-state index in [-0.39, 0.29) is 5.78 Å². The zero-order valence-electron chi connectivity index (χ0n) is 13.7. The van der Waals surface area contributed by atoms with Crippen LogP contribution in [0.15, 0.2) is 42.9 Å². The lowest BCUT2D eigenvalue weighted by atomic mass is 10.0. The molecule has 1 N–H and O–H groups in total. The fraction of sp³-hybridized carbons (Fsp3) is 0.211. The van der Waals surface area contributed by atoms with Gasteiger partial charge in [0.15, 0.2) is 17.1 Å². The third kappa shape index (κ3) is 2.12. The maximum Gasteiger partial charge on any atom is 0.162 e. The lowest BCUT2D eigenvalue weighted by Gasteiger charge is -2.04. The van der Waals surface area contributed by atoms with Crippen LogP contribution in [-0.4, -0.2) is 25.1 Å². The van der Waals surface area contributed by atoms with E-state index in [4.69, 9.17) is 0 Å². The number of ketones is 1. The van der Waals surface area contributed by atoms with Gasteiger partial charge < -0.3 is 4.98 Å². The van der Waals surface area contributed by atoms with Crippen LogP contribution in [0.3, 0.4) is 0 Å². The van der Waals surface area contributed by atoms with E-state index in [1.165, 1.54) is 5.56 Å². The van der Waals surface area contributed by atoms with Crippen LogP contribution in [0.4, 0.5) is 0 Å². The zero-order chi connectivity index (χ0) is 16.7. The average Bonchev–Trinajstić information content (AvgIpc) is 3.24. The first kappa shape index (κ1) is 14.6. The minimum Gasteiger partial charge on any atom is -0.338 e. The molecule has 3 aromatic heterocycles. The molecule has 120 valence electrons. The number of aromatic amines is 1. The number of nitrogens with zero attached hydrogens (tertiary/aromatic N) is 3. The van der Waals surface area contributed by atoms with Crippen LogP contribution in [0.2, 0.25) is 0 Å². The van der Waals surface area contributed by atoms with Gasteiger partial charge in [-0.15, -0.1) is 0 Å². The number of nitrogens with one attached hydrogen (secondary N) is 1. The number of hydrogen-bond donors (Lipinski definition) is 1. The second-order valence-corrected chi connectivity index (χ2v) is 5.80. The highest BCUT2D eigenvalue weighted by molar-refractivity contribution is 5.96. The molecule has 0 aliphatic carbocycles. The summed E-state index contributed by atoms with van der Waals surface area (Å²) in [6, 6.07) is 7.79. The average molecular weight is 318 g/mol. The summed E-state index contributed by atoms with van der Waals surface area (Å²) >= 11 is 0. The van der Waals surface area contributed by atoms with E-state index in [2.05, 4.69) is 26.3 Å². The molecular weight excluding hydrogens is 300 g/mol. The maximum atomic E-state index is 11.8.